The first-order chi connectivity index (χ1) is 18.1. The van der Waals surface area contributed by atoms with Crippen molar-refractivity contribution in [1.29, 1.82) is 0 Å². The van der Waals surface area contributed by atoms with E-state index >= 15 is 0 Å². The molecule has 3 N–H and O–H groups in total. The summed E-state index contributed by atoms with van der Waals surface area (Å²) in [6.45, 7) is 0.275. The highest BCUT2D eigenvalue weighted by Gasteiger charge is 2.25. The monoisotopic (exact) mass is 493 g/mol. The maximum atomic E-state index is 13.0. The minimum absolute atomic E-state index is 0.0254. The zero-order valence-electron chi connectivity index (χ0n) is 19.9. The molecule has 5 aromatic rings. The Morgan fingerprint density at radius 1 is 1.00 bits per heavy atom. The quantitative estimate of drug-likeness (QED) is 0.248. The highest BCUT2D eigenvalue weighted by Crippen LogP contribution is 2.21. The first kappa shape index (κ1) is 23.4. The Bertz CT molecular complexity index is 1510. The Balaban J connectivity index is 1.35. The Kier molecular flexibility index (Phi) is 6.66. The molecule has 0 unspecified atom stereocenters. The lowest BCUT2D eigenvalue weighted by molar-refractivity contribution is 0.0949. The van der Waals surface area contributed by atoms with Crippen molar-refractivity contribution in [3.05, 3.63) is 102 Å². The highest BCUT2D eigenvalue weighted by atomic mass is 16.6. The number of amides is 1. The van der Waals surface area contributed by atoms with Crippen LogP contribution in [0.3, 0.4) is 0 Å². The van der Waals surface area contributed by atoms with E-state index in [4.69, 9.17) is 10.4 Å². The average Bonchev–Trinajstić information content (AvgIpc) is 3.55. The van der Waals surface area contributed by atoms with Crippen molar-refractivity contribution in [2.75, 3.05) is 17.7 Å². The van der Waals surface area contributed by atoms with Gasteiger partial charge in [-0.25, -0.2) is 10.1 Å². The molecule has 37 heavy (non-hydrogen) atoms. The third-order valence-electron chi connectivity index (χ3n) is 5.66. The van der Waals surface area contributed by atoms with Gasteiger partial charge in [0.25, 0.3) is 5.91 Å². The van der Waals surface area contributed by atoms with Gasteiger partial charge in [-0.15, -0.1) is 5.10 Å². The van der Waals surface area contributed by atoms with Crippen LogP contribution < -0.4 is 16.1 Å². The minimum atomic E-state index is -0.533. The van der Waals surface area contributed by atoms with Gasteiger partial charge in [0.15, 0.2) is 5.69 Å². The van der Waals surface area contributed by atoms with Gasteiger partial charge in [-0.3, -0.25) is 4.79 Å². The molecule has 0 radical (unpaired) electrons. The first-order valence-corrected chi connectivity index (χ1v) is 11.4. The molecule has 11 heteroatoms. The van der Waals surface area contributed by atoms with Crippen LogP contribution in [0.15, 0.2) is 94.7 Å². The molecule has 5 rings (SSSR count). The number of nitrogens with two attached hydrogens (primary N) is 1. The van der Waals surface area contributed by atoms with Crippen LogP contribution in [0.25, 0.3) is 16.9 Å². The van der Waals surface area contributed by atoms with Crippen LogP contribution in [0, 0.1) is 0 Å². The molecule has 11 nitrogen and oxygen atoms in total. The fourth-order valence-corrected chi connectivity index (χ4v) is 3.74. The highest BCUT2D eigenvalue weighted by molar-refractivity contribution is 5.94. The van der Waals surface area contributed by atoms with E-state index < -0.39 is 5.91 Å². The minimum Gasteiger partial charge on any atom is -0.378 e. The second kappa shape index (κ2) is 10.5. The fraction of sp³-hybridized carbons (Fsp3) is 0.0769. The van der Waals surface area contributed by atoms with Crippen LogP contribution in [0.5, 0.6) is 0 Å². The zero-order chi connectivity index (χ0) is 25.6. The number of hydrogen-bond donors (Lipinski definition) is 2. The lowest BCUT2D eigenvalue weighted by Crippen LogP contribution is -2.24. The fourth-order valence-electron chi connectivity index (χ4n) is 3.74. The van der Waals surface area contributed by atoms with E-state index in [1.54, 1.807) is 6.21 Å². The molecule has 3 aromatic carbocycles. The normalized spacial score (nSPS) is 11.1. The molecule has 0 aliphatic heterocycles. The molecular formula is C26H23N9O2. The smallest absolute Gasteiger partial charge is 0.293 e. The van der Waals surface area contributed by atoms with Crippen molar-refractivity contribution >= 4 is 23.6 Å². The lowest BCUT2D eigenvalue weighted by atomic mass is 10.0. The number of benzene rings is 3. The maximum absolute atomic E-state index is 13.0. The van der Waals surface area contributed by atoms with E-state index in [2.05, 4.69) is 31.2 Å². The van der Waals surface area contributed by atoms with E-state index in [0.717, 1.165) is 22.4 Å². The standard InChI is InChI=1S/C26H23N9O2/c1-34(21-10-6-3-7-11-21)17-22-23(29-33-35(22)25-24(27)31-37-32-25)26(36)30-28-16-18-12-14-20(15-13-18)19-8-4-2-5-9-19/h2-16H,17H2,1H3,(H2,27,31)(H,30,36). The van der Waals surface area contributed by atoms with E-state index in [0.29, 0.717) is 5.69 Å². The van der Waals surface area contributed by atoms with Gasteiger partial charge >= 0.3 is 0 Å². The molecule has 0 bridgehead atoms. The van der Waals surface area contributed by atoms with Gasteiger partial charge in [-0.2, -0.15) is 9.78 Å². The van der Waals surface area contributed by atoms with E-state index in [9.17, 15) is 4.79 Å². The van der Waals surface area contributed by atoms with Crippen LogP contribution in [-0.2, 0) is 6.54 Å². The summed E-state index contributed by atoms with van der Waals surface area (Å²) in [5.74, 6) is -0.364. The molecule has 0 fully saturated rings. The van der Waals surface area contributed by atoms with Gasteiger partial charge < -0.3 is 10.6 Å². The second-order valence-corrected chi connectivity index (χ2v) is 8.15. The molecule has 0 aliphatic carbocycles. The summed E-state index contributed by atoms with van der Waals surface area (Å²) in [6.07, 6.45) is 1.56. The molecule has 0 saturated heterocycles. The number of aromatic nitrogens is 5. The van der Waals surface area contributed by atoms with Crippen LogP contribution in [0.1, 0.15) is 21.7 Å². The molecule has 2 heterocycles. The van der Waals surface area contributed by atoms with Crippen LogP contribution in [-0.4, -0.2) is 44.5 Å². The van der Waals surface area contributed by atoms with Gasteiger partial charge in [-0.05, 0) is 39.1 Å². The Morgan fingerprint density at radius 2 is 1.68 bits per heavy atom. The number of hydrazone groups is 1. The van der Waals surface area contributed by atoms with Gasteiger partial charge in [0.2, 0.25) is 11.6 Å². The Labute approximate surface area is 212 Å². The number of para-hydroxylation sites is 1. The van der Waals surface area contributed by atoms with Gasteiger partial charge in [0, 0.05) is 12.7 Å². The summed E-state index contributed by atoms with van der Waals surface area (Å²) >= 11 is 0. The molecule has 2 aromatic heterocycles. The average molecular weight is 494 g/mol. The van der Waals surface area contributed by atoms with E-state index in [-0.39, 0.29) is 23.9 Å². The summed E-state index contributed by atoms with van der Waals surface area (Å²) in [5.41, 5.74) is 12.9. The van der Waals surface area contributed by atoms with E-state index in [1.807, 2.05) is 96.9 Å². The number of nitrogens with one attached hydrogen (secondary N) is 1. The van der Waals surface area contributed by atoms with Crippen LogP contribution >= 0.6 is 0 Å². The van der Waals surface area contributed by atoms with Crippen molar-refractivity contribution < 1.29 is 9.42 Å². The number of carbonyl (C=O) groups is 1. The topological polar surface area (TPSA) is 140 Å². The van der Waals surface area contributed by atoms with Crippen LogP contribution in [0.4, 0.5) is 11.5 Å². The Morgan fingerprint density at radius 3 is 2.35 bits per heavy atom. The number of nitrogens with zero attached hydrogens (tertiary/aromatic N) is 7. The van der Waals surface area contributed by atoms with Crippen molar-refractivity contribution in [2.45, 2.75) is 6.54 Å². The third kappa shape index (κ3) is 5.20. The molecule has 0 saturated carbocycles. The molecule has 1 amide bonds. The number of anilines is 2. The molecular weight excluding hydrogens is 470 g/mol. The summed E-state index contributed by atoms with van der Waals surface area (Å²) < 4.78 is 6.05. The SMILES string of the molecule is CN(Cc1c(C(=O)NN=Cc2ccc(-c3ccccc3)cc2)nnn1-c1nonc1N)c1ccccc1. The lowest BCUT2D eigenvalue weighted by Gasteiger charge is -2.19. The van der Waals surface area contributed by atoms with Crippen molar-refractivity contribution in [3.8, 4) is 16.9 Å². The van der Waals surface area contributed by atoms with Crippen molar-refractivity contribution in [1.82, 2.24) is 30.7 Å². The van der Waals surface area contributed by atoms with Crippen molar-refractivity contribution in [2.24, 2.45) is 5.10 Å². The predicted octanol–water partition coefficient (Wildman–Crippen LogP) is 3.30. The van der Waals surface area contributed by atoms with E-state index in [1.165, 1.54) is 4.68 Å². The predicted molar refractivity (Wildman–Crippen MR) is 139 cm³/mol. The van der Waals surface area contributed by atoms with Gasteiger partial charge in [0.05, 0.1) is 18.5 Å². The van der Waals surface area contributed by atoms with Gasteiger partial charge in [-0.1, -0.05) is 78.0 Å². The summed E-state index contributed by atoms with van der Waals surface area (Å²) in [7, 11) is 1.88. The summed E-state index contributed by atoms with van der Waals surface area (Å²) in [6, 6.07) is 27.6. The summed E-state index contributed by atoms with van der Waals surface area (Å²) in [4.78, 5) is 15.0. The number of nitrogen functional groups attached to an aromatic ring is 1. The number of carbonyl (C=O) groups excluding carboxylic acids is 1. The third-order valence-corrected chi connectivity index (χ3v) is 5.66. The van der Waals surface area contributed by atoms with Gasteiger partial charge in [0.1, 0.15) is 0 Å². The molecule has 184 valence electrons. The van der Waals surface area contributed by atoms with Crippen molar-refractivity contribution in [3.63, 3.8) is 0 Å². The summed E-state index contributed by atoms with van der Waals surface area (Å²) in [5, 5.41) is 19.6. The number of rotatable bonds is 8. The Hall–Kier alpha value is -5.32. The van der Waals surface area contributed by atoms with Crippen LogP contribution in [0.2, 0.25) is 0 Å². The molecule has 0 atom stereocenters. The number of hydrogen-bond acceptors (Lipinski definition) is 9. The zero-order valence-corrected chi connectivity index (χ0v) is 19.9. The second-order valence-electron chi connectivity index (χ2n) is 8.15. The maximum Gasteiger partial charge on any atom is 0.293 e. The molecule has 0 aliphatic rings. The first-order valence-electron chi connectivity index (χ1n) is 11.4. The largest absolute Gasteiger partial charge is 0.378 e. The molecule has 0 spiro atoms.